The number of likely N-dealkylation sites (tertiary alicyclic amines) is 1. The van der Waals surface area contributed by atoms with Gasteiger partial charge < -0.3 is 19.9 Å². The van der Waals surface area contributed by atoms with Crippen LogP contribution < -0.4 is 11.2 Å². The maximum Gasteiger partial charge on any atom is 0.494 e. The number of nitrogens with two attached hydrogens (primary N) is 1. The van der Waals surface area contributed by atoms with Crippen LogP contribution in [0.15, 0.2) is 18.2 Å². The monoisotopic (exact) mass is 348 g/mol. The van der Waals surface area contributed by atoms with Gasteiger partial charge in [-0.1, -0.05) is 0 Å². The molecular formula is C18H26BFN2O3. The molecule has 2 aliphatic heterocycles. The van der Waals surface area contributed by atoms with Crippen LogP contribution in [0.1, 0.15) is 50.9 Å². The molecule has 5 nitrogen and oxygen atoms in total. The van der Waals surface area contributed by atoms with E-state index in [-0.39, 0.29) is 11.9 Å². The third-order valence-electron chi connectivity index (χ3n) is 5.44. The van der Waals surface area contributed by atoms with Gasteiger partial charge in [0.1, 0.15) is 5.82 Å². The summed E-state index contributed by atoms with van der Waals surface area (Å²) >= 11 is 0. The number of carbonyl (C=O) groups excluding carboxylic acids is 1. The first-order valence-electron chi connectivity index (χ1n) is 8.80. The van der Waals surface area contributed by atoms with Gasteiger partial charge in [-0.2, -0.15) is 0 Å². The molecule has 2 N–H and O–H groups in total. The van der Waals surface area contributed by atoms with Crippen molar-refractivity contribution in [3.05, 3.63) is 29.6 Å². The molecule has 1 aromatic carbocycles. The zero-order valence-corrected chi connectivity index (χ0v) is 15.3. The number of hydrogen-bond donors (Lipinski definition) is 1. The maximum absolute atomic E-state index is 14.2. The van der Waals surface area contributed by atoms with Gasteiger partial charge in [-0.25, -0.2) is 4.39 Å². The molecule has 2 fully saturated rings. The Balaban J connectivity index is 1.85. The average molecular weight is 348 g/mol. The van der Waals surface area contributed by atoms with Crippen LogP contribution in [-0.4, -0.2) is 48.3 Å². The number of nitrogens with zero attached hydrogens (tertiary/aromatic N) is 1. The van der Waals surface area contributed by atoms with Crippen molar-refractivity contribution in [3.63, 3.8) is 0 Å². The van der Waals surface area contributed by atoms with Crippen LogP contribution in [0.5, 0.6) is 0 Å². The summed E-state index contributed by atoms with van der Waals surface area (Å²) in [6.07, 6.45) is 1.78. The summed E-state index contributed by atoms with van der Waals surface area (Å²) in [7, 11) is -0.698. The summed E-state index contributed by atoms with van der Waals surface area (Å²) in [5.41, 5.74) is 5.73. The molecule has 0 saturated carbocycles. The van der Waals surface area contributed by atoms with Gasteiger partial charge in [0.2, 0.25) is 0 Å². The van der Waals surface area contributed by atoms with E-state index in [4.69, 9.17) is 15.0 Å². The van der Waals surface area contributed by atoms with Crippen molar-refractivity contribution in [2.75, 3.05) is 13.1 Å². The zero-order chi connectivity index (χ0) is 18.4. The smallest absolute Gasteiger partial charge is 0.399 e. The van der Waals surface area contributed by atoms with Crippen LogP contribution in [0.3, 0.4) is 0 Å². The summed E-state index contributed by atoms with van der Waals surface area (Å²) in [5.74, 6) is -0.677. The Hall–Kier alpha value is -1.44. The van der Waals surface area contributed by atoms with Crippen molar-refractivity contribution in [1.82, 2.24) is 4.90 Å². The predicted octanol–water partition coefficient (Wildman–Crippen LogP) is 1.69. The van der Waals surface area contributed by atoms with Gasteiger partial charge in [0.25, 0.3) is 5.91 Å². The van der Waals surface area contributed by atoms with Crippen LogP contribution in [-0.2, 0) is 9.31 Å². The Kier molecular flexibility index (Phi) is 4.68. The van der Waals surface area contributed by atoms with Gasteiger partial charge >= 0.3 is 7.12 Å². The highest BCUT2D eigenvalue weighted by Gasteiger charge is 2.51. The summed E-state index contributed by atoms with van der Waals surface area (Å²) in [6, 6.07) is 4.26. The number of benzene rings is 1. The van der Waals surface area contributed by atoms with Crippen molar-refractivity contribution in [1.29, 1.82) is 0 Å². The Morgan fingerprint density at radius 1 is 1.24 bits per heavy atom. The molecule has 2 aliphatic rings. The fraction of sp³-hybridized carbons (Fsp3) is 0.611. The van der Waals surface area contributed by atoms with E-state index in [1.807, 2.05) is 27.7 Å². The molecule has 0 bridgehead atoms. The second kappa shape index (κ2) is 6.38. The molecular weight excluding hydrogens is 322 g/mol. The molecule has 1 atom stereocenters. The van der Waals surface area contributed by atoms with Crippen molar-refractivity contribution in [2.45, 2.75) is 57.8 Å². The summed E-state index contributed by atoms with van der Waals surface area (Å²) < 4.78 is 26.1. The van der Waals surface area contributed by atoms with Crippen LogP contribution in [0, 0.1) is 5.82 Å². The highest BCUT2D eigenvalue weighted by molar-refractivity contribution is 6.62. The molecule has 1 amide bonds. The molecule has 0 radical (unpaired) electrons. The summed E-state index contributed by atoms with van der Waals surface area (Å²) in [6.45, 7) is 8.90. The Bertz CT molecular complexity index is 664. The quantitative estimate of drug-likeness (QED) is 0.826. The molecule has 7 heteroatoms. The lowest BCUT2D eigenvalue weighted by Gasteiger charge is -2.32. The lowest BCUT2D eigenvalue weighted by Crippen LogP contribution is -2.46. The number of hydrogen-bond acceptors (Lipinski definition) is 4. The van der Waals surface area contributed by atoms with E-state index in [1.165, 1.54) is 12.1 Å². The molecule has 3 rings (SSSR count). The van der Waals surface area contributed by atoms with Crippen LogP contribution >= 0.6 is 0 Å². The first-order chi connectivity index (χ1) is 11.6. The lowest BCUT2D eigenvalue weighted by atomic mass is 9.78. The van der Waals surface area contributed by atoms with E-state index in [2.05, 4.69) is 0 Å². The molecule has 0 aliphatic carbocycles. The molecule has 1 aromatic rings. The number of piperidine rings is 1. The molecule has 0 spiro atoms. The minimum absolute atomic E-state index is 0.0196. The molecule has 2 saturated heterocycles. The minimum atomic E-state index is -0.698. The van der Waals surface area contributed by atoms with Gasteiger partial charge in [-0.3, -0.25) is 4.79 Å². The Labute approximate surface area is 148 Å². The van der Waals surface area contributed by atoms with Crippen LogP contribution in [0.2, 0.25) is 0 Å². The third-order valence-corrected chi connectivity index (χ3v) is 5.44. The van der Waals surface area contributed by atoms with Gasteiger partial charge in [-0.15, -0.1) is 0 Å². The van der Waals surface area contributed by atoms with E-state index in [0.29, 0.717) is 24.1 Å². The van der Waals surface area contributed by atoms with Crippen molar-refractivity contribution in [3.8, 4) is 0 Å². The SMILES string of the molecule is CC1(C)OB(c2cc(F)cc(C(=O)N3CCCC(N)C3)c2)OC1(C)C. The van der Waals surface area contributed by atoms with Gasteiger partial charge in [-0.05, 0) is 64.2 Å². The predicted molar refractivity (Wildman–Crippen MR) is 95.2 cm³/mol. The highest BCUT2D eigenvalue weighted by atomic mass is 19.1. The number of carbonyl (C=O) groups is 1. The number of amides is 1. The third kappa shape index (κ3) is 3.59. The van der Waals surface area contributed by atoms with Crippen LogP contribution in [0.25, 0.3) is 0 Å². The van der Waals surface area contributed by atoms with Gasteiger partial charge in [0, 0.05) is 24.7 Å². The minimum Gasteiger partial charge on any atom is -0.399 e. The summed E-state index contributed by atoms with van der Waals surface area (Å²) in [5, 5.41) is 0. The molecule has 25 heavy (non-hydrogen) atoms. The standard InChI is InChI=1S/C18H26BFN2O3/c1-17(2)18(3,4)25-19(24-17)13-8-12(9-14(20)10-13)16(23)22-7-5-6-15(21)11-22/h8-10,15H,5-7,11,21H2,1-4H3. The van der Waals surface area contributed by atoms with Gasteiger partial charge in [0.05, 0.1) is 11.2 Å². The van der Waals surface area contributed by atoms with E-state index in [9.17, 15) is 9.18 Å². The highest BCUT2D eigenvalue weighted by Crippen LogP contribution is 2.36. The molecule has 2 heterocycles. The van der Waals surface area contributed by atoms with Crippen LogP contribution in [0.4, 0.5) is 4.39 Å². The van der Waals surface area contributed by atoms with Crippen molar-refractivity contribution in [2.24, 2.45) is 5.73 Å². The second-order valence-corrected chi connectivity index (χ2v) is 8.01. The fourth-order valence-electron chi connectivity index (χ4n) is 3.23. The second-order valence-electron chi connectivity index (χ2n) is 8.01. The Morgan fingerprint density at radius 2 is 1.88 bits per heavy atom. The topological polar surface area (TPSA) is 64.8 Å². The van der Waals surface area contributed by atoms with Crippen molar-refractivity contribution >= 4 is 18.5 Å². The Morgan fingerprint density at radius 3 is 2.48 bits per heavy atom. The lowest BCUT2D eigenvalue weighted by molar-refractivity contribution is 0.00578. The van der Waals surface area contributed by atoms with E-state index in [1.54, 1.807) is 11.0 Å². The maximum atomic E-state index is 14.2. The number of rotatable bonds is 2. The molecule has 136 valence electrons. The first kappa shape index (κ1) is 18.4. The van der Waals surface area contributed by atoms with E-state index in [0.717, 1.165) is 12.8 Å². The fourth-order valence-corrected chi connectivity index (χ4v) is 3.23. The zero-order valence-electron chi connectivity index (χ0n) is 15.3. The van der Waals surface area contributed by atoms with Crippen molar-refractivity contribution < 1.29 is 18.5 Å². The largest absolute Gasteiger partial charge is 0.494 e. The number of halogens is 1. The average Bonchev–Trinajstić information content (AvgIpc) is 2.74. The first-order valence-corrected chi connectivity index (χ1v) is 8.80. The van der Waals surface area contributed by atoms with Gasteiger partial charge in [0.15, 0.2) is 0 Å². The van der Waals surface area contributed by atoms with E-state index >= 15 is 0 Å². The van der Waals surface area contributed by atoms with E-state index < -0.39 is 24.1 Å². The molecule has 0 aromatic heterocycles. The summed E-state index contributed by atoms with van der Waals surface area (Å²) in [4.78, 5) is 14.4. The molecule has 1 unspecified atom stereocenters. The normalized spacial score (nSPS) is 25.3.